The van der Waals surface area contributed by atoms with Crippen molar-refractivity contribution in [1.29, 1.82) is 0 Å². The first-order valence-electron chi connectivity index (χ1n) is 13.1. The van der Waals surface area contributed by atoms with Gasteiger partial charge >= 0.3 is 6.09 Å². The number of nitrogens with one attached hydrogen (secondary N) is 3. The molecule has 3 aliphatic rings. The Balaban J connectivity index is 1.30. The van der Waals surface area contributed by atoms with E-state index in [0.29, 0.717) is 88.7 Å². The number of piperidine rings is 2. The molecule has 2 saturated heterocycles. The molecule has 2 fully saturated rings. The molecule has 1 aromatic carbocycles. The number of hydrogen-bond donors (Lipinski definition) is 3. The standard InChI is InChI=1S/C26H36N4O7/c1-2-35-25(34)30-13-7-19(8-14-30)28-24(33)26(9-11-27-12-10-26)29-23(32)6-4-20(31)18-3-5-21-22(17-18)37-16-15-36-21/h3,5,17,19,27H,2,4,6-16H2,1H3,(H,28,33)(H,29,32). The molecule has 0 radical (unpaired) electrons. The van der Waals surface area contributed by atoms with Crippen molar-refractivity contribution >= 4 is 23.7 Å². The van der Waals surface area contributed by atoms with Crippen LogP contribution in [0.2, 0.25) is 0 Å². The molecule has 3 N–H and O–H groups in total. The number of rotatable bonds is 8. The van der Waals surface area contributed by atoms with Gasteiger partial charge in [-0.2, -0.15) is 0 Å². The van der Waals surface area contributed by atoms with E-state index < -0.39 is 5.54 Å². The molecule has 3 aliphatic heterocycles. The molecule has 3 heterocycles. The summed E-state index contributed by atoms with van der Waals surface area (Å²) in [4.78, 5) is 52.6. The largest absolute Gasteiger partial charge is 0.486 e. The molecule has 0 aliphatic carbocycles. The minimum absolute atomic E-state index is 0.0202. The van der Waals surface area contributed by atoms with Crippen LogP contribution in [-0.2, 0) is 14.3 Å². The topological polar surface area (TPSA) is 135 Å². The maximum atomic E-state index is 13.4. The molecular weight excluding hydrogens is 480 g/mol. The first-order chi connectivity index (χ1) is 17.9. The number of likely N-dealkylation sites (tertiary alicyclic amines) is 1. The molecule has 3 amide bonds. The van der Waals surface area contributed by atoms with Gasteiger partial charge in [0.2, 0.25) is 11.8 Å². The van der Waals surface area contributed by atoms with E-state index >= 15 is 0 Å². The average molecular weight is 517 g/mol. The summed E-state index contributed by atoms with van der Waals surface area (Å²) >= 11 is 0. The second-order valence-corrected chi connectivity index (χ2v) is 9.60. The quantitative estimate of drug-likeness (QED) is 0.441. The predicted molar refractivity (Wildman–Crippen MR) is 134 cm³/mol. The second kappa shape index (κ2) is 12.3. The lowest BCUT2D eigenvalue weighted by Gasteiger charge is -2.39. The molecule has 0 aromatic heterocycles. The van der Waals surface area contributed by atoms with Gasteiger partial charge in [-0.3, -0.25) is 14.4 Å². The van der Waals surface area contributed by atoms with Gasteiger partial charge in [0.05, 0.1) is 6.61 Å². The Labute approximate surface area is 216 Å². The van der Waals surface area contributed by atoms with E-state index in [1.807, 2.05) is 0 Å². The molecule has 4 rings (SSSR count). The minimum Gasteiger partial charge on any atom is -0.486 e. The average Bonchev–Trinajstić information content (AvgIpc) is 2.92. The highest BCUT2D eigenvalue weighted by molar-refractivity contribution is 5.99. The zero-order valence-corrected chi connectivity index (χ0v) is 21.3. The molecule has 0 saturated carbocycles. The van der Waals surface area contributed by atoms with Gasteiger partial charge in [-0.15, -0.1) is 0 Å². The fourth-order valence-corrected chi connectivity index (χ4v) is 4.92. The number of hydrogen-bond acceptors (Lipinski definition) is 8. The van der Waals surface area contributed by atoms with Crippen molar-refractivity contribution in [2.45, 2.75) is 57.0 Å². The molecule has 0 bridgehead atoms. The lowest BCUT2D eigenvalue weighted by molar-refractivity contribution is -0.135. The number of amides is 3. The first kappa shape index (κ1) is 26.7. The molecule has 202 valence electrons. The Kier molecular flexibility index (Phi) is 8.86. The van der Waals surface area contributed by atoms with Crippen LogP contribution >= 0.6 is 0 Å². The molecule has 0 atom stereocenters. The molecular formula is C26H36N4O7. The summed E-state index contributed by atoms with van der Waals surface area (Å²) in [5.74, 6) is 0.408. The van der Waals surface area contributed by atoms with Crippen molar-refractivity contribution in [2.24, 2.45) is 0 Å². The molecule has 0 unspecified atom stereocenters. The highest BCUT2D eigenvalue weighted by Crippen LogP contribution is 2.31. The summed E-state index contributed by atoms with van der Waals surface area (Å²) in [6, 6.07) is 4.93. The van der Waals surface area contributed by atoms with Crippen molar-refractivity contribution in [3.63, 3.8) is 0 Å². The van der Waals surface area contributed by atoms with Crippen LogP contribution in [0.3, 0.4) is 0 Å². The number of ketones is 1. The van der Waals surface area contributed by atoms with E-state index in [-0.39, 0.29) is 42.6 Å². The van der Waals surface area contributed by atoms with E-state index in [9.17, 15) is 19.2 Å². The third-order valence-corrected chi connectivity index (χ3v) is 7.07. The Morgan fingerprint density at radius 2 is 1.76 bits per heavy atom. The van der Waals surface area contributed by atoms with Crippen molar-refractivity contribution in [3.8, 4) is 11.5 Å². The lowest BCUT2D eigenvalue weighted by atomic mass is 9.86. The van der Waals surface area contributed by atoms with Gasteiger partial charge in [0.25, 0.3) is 0 Å². The van der Waals surface area contributed by atoms with Gasteiger partial charge in [0.1, 0.15) is 18.8 Å². The van der Waals surface area contributed by atoms with Gasteiger partial charge in [-0.25, -0.2) is 4.79 Å². The third kappa shape index (κ3) is 6.71. The van der Waals surface area contributed by atoms with Crippen LogP contribution in [0.15, 0.2) is 18.2 Å². The molecule has 11 heteroatoms. The van der Waals surface area contributed by atoms with Crippen LogP contribution in [0.1, 0.15) is 55.8 Å². The van der Waals surface area contributed by atoms with E-state index in [1.54, 1.807) is 30.0 Å². The Hall–Kier alpha value is -3.34. The fraction of sp³-hybridized carbons (Fsp3) is 0.615. The Morgan fingerprint density at radius 1 is 1.05 bits per heavy atom. The van der Waals surface area contributed by atoms with Gasteiger partial charge in [0, 0.05) is 37.5 Å². The summed E-state index contributed by atoms with van der Waals surface area (Å²) in [5.41, 5.74) is -0.568. The van der Waals surface area contributed by atoms with Crippen molar-refractivity contribution in [2.75, 3.05) is 46.0 Å². The molecule has 11 nitrogen and oxygen atoms in total. The molecule has 1 aromatic rings. The van der Waals surface area contributed by atoms with Crippen LogP contribution in [0.5, 0.6) is 11.5 Å². The first-order valence-corrected chi connectivity index (χ1v) is 13.1. The number of carbonyl (C=O) groups is 4. The molecule has 37 heavy (non-hydrogen) atoms. The van der Waals surface area contributed by atoms with E-state index in [0.717, 1.165) is 0 Å². The Morgan fingerprint density at radius 3 is 2.46 bits per heavy atom. The number of ether oxygens (including phenoxy) is 3. The van der Waals surface area contributed by atoms with Crippen LogP contribution in [-0.4, -0.2) is 86.2 Å². The van der Waals surface area contributed by atoms with Crippen LogP contribution in [0.25, 0.3) is 0 Å². The number of fused-ring (bicyclic) bond motifs is 1. The highest BCUT2D eigenvalue weighted by Gasteiger charge is 2.42. The van der Waals surface area contributed by atoms with Crippen molar-refractivity contribution < 1.29 is 33.4 Å². The maximum Gasteiger partial charge on any atom is 0.409 e. The fourth-order valence-electron chi connectivity index (χ4n) is 4.92. The van der Waals surface area contributed by atoms with Crippen LogP contribution in [0.4, 0.5) is 4.79 Å². The molecule has 0 spiro atoms. The smallest absolute Gasteiger partial charge is 0.409 e. The number of Topliss-reactive ketones (excluding diaryl/α,β-unsaturated/α-hetero) is 1. The third-order valence-electron chi connectivity index (χ3n) is 7.07. The van der Waals surface area contributed by atoms with E-state index in [4.69, 9.17) is 14.2 Å². The summed E-state index contributed by atoms with van der Waals surface area (Å²) < 4.78 is 16.1. The summed E-state index contributed by atoms with van der Waals surface area (Å²) in [6.45, 7) is 5.21. The monoisotopic (exact) mass is 516 g/mol. The Bertz CT molecular complexity index is 1000. The van der Waals surface area contributed by atoms with Crippen molar-refractivity contribution in [3.05, 3.63) is 23.8 Å². The van der Waals surface area contributed by atoms with E-state index in [1.165, 1.54) is 0 Å². The normalized spacial score (nSPS) is 19.0. The van der Waals surface area contributed by atoms with Crippen LogP contribution in [0, 0.1) is 0 Å². The number of benzene rings is 1. The second-order valence-electron chi connectivity index (χ2n) is 9.60. The van der Waals surface area contributed by atoms with Gasteiger partial charge in [-0.1, -0.05) is 0 Å². The summed E-state index contributed by atoms with van der Waals surface area (Å²) in [7, 11) is 0. The van der Waals surface area contributed by atoms with Crippen molar-refractivity contribution in [1.82, 2.24) is 20.9 Å². The van der Waals surface area contributed by atoms with Gasteiger partial charge in [0.15, 0.2) is 17.3 Å². The maximum absolute atomic E-state index is 13.4. The summed E-state index contributed by atoms with van der Waals surface area (Å²) in [6.07, 6.45) is 1.83. The minimum atomic E-state index is -1.03. The zero-order chi connectivity index (χ0) is 26.3. The van der Waals surface area contributed by atoms with E-state index in [2.05, 4.69) is 16.0 Å². The SMILES string of the molecule is CCOC(=O)N1CCC(NC(=O)C2(NC(=O)CCC(=O)c3ccc4c(c3)OCCO4)CCNCC2)CC1. The van der Waals surface area contributed by atoms with Gasteiger partial charge < -0.3 is 35.1 Å². The lowest BCUT2D eigenvalue weighted by Crippen LogP contribution is -2.64. The van der Waals surface area contributed by atoms with Crippen LogP contribution < -0.4 is 25.4 Å². The number of nitrogens with zero attached hydrogens (tertiary/aromatic N) is 1. The van der Waals surface area contributed by atoms with Gasteiger partial charge in [-0.05, 0) is 63.9 Å². The summed E-state index contributed by atoms with van der Waals surface area (Å²) in [5, 5.41) is 9.28. The zero-order valence-electron chi connectivity index (χ0n) is 21.3. The predicted octanol–water partition coefficient (Wildman–Crippen LogP) is 1.40. The highest BCUT2D eigenvalue weighted by atomic mass is 16.6. The number of carbonyl (C=O) groups excluding carboxylic acids is 4.